The van der Waals surface area contributed by atoms with Gasteiger partial charge in [-0.1, -0.05) is 78.9 Å². The summed E-state index contributed by atoms with van der Waals surface area (Å²) in [6.07, 6.45) is 0.982. The first-order chi connectivity index (χ1) is 12.4. The monoisotopic (exact) mass is 324 g/mol. The summed E-state index contributed by atoms with van der Waals surface area (Å²) in [6.45, 7) is 0.865. The summed E-state index contributed by atoms with van der Waals surface area (Å²) in [5.74, 6) is 0.925. The fraction of sp³-hybridized carbons (Fsp3) is 0.0870. The molecule has 0 unspecified atom stereocenters. The van der Waals surface area contributed by atoms with Crippen molar-refractivity contribution >= 4 is 16.7 Å². The van der Waals surface area contributed by atoms with E-state index in [0.717, 1.165) is 24.3 Å². The molecule has 4 aromatic rings. The molecule has 25 heavy (non-hydrogen) atoms. The number of rotatable bonds is 5. The third-order valence-electron chi connectivity index (χ3n) is 4.36. The van der Waals surface area contributed by atoms with E-state index in [1.54, 1.807) is 0 Å². The van der Waals surface area contributed by atoms with Crippen LogP contribution < -0.4 is 5.32 Å². The van der Waals surface area contributed by atoms with Crippen molar-refractivity contribution in [2.45, 2.75) is 6.42 Å². The summed E-state index contributed by atoms with van der Waals surface area (Å²) in [6, 6.07) is 31.5. The number of aromatic nitrogens is 1. The molecule has 0 aliphatic heterocycles. The predicted molar refractivity (Wildman–Crippen MR) is 106 cm³/mol. The van der Waals surface area contributed by atoms with E-state index in [2.05, 4.69) is 78.1 Å². The summed E-state index contributed by atoms with van der Waals surface area (Å²) in [5.41, 5.74) is 4.78. The van der Waals surface area contributed by atoms with E-state index >= 15 is 0 Å². The molecular weight excluding hydrogens is 304 g/mol. The zero-order chi connectivity index (χ0) is 16.9. The van der Waals surface area contributed by atoms with E-state index in [1.807, 2.05) is 18.2 Å². The van der Waals surface area contributed by atoms with Crippen LogP contribution in [0.1, 0.15) is 5.56 Å². The lowest BCUT2D eigenvalue weighted by Gasteiger charge is -2.11. The van der Waals surface area contributed by atoms with Crippen LogP contribution >= 0.6 is 0 Å². The van der Waals surface area contributed by atoms with Gasteiger partial charge in [0.25, 0.3) is 0 Å². The second-order valence-corrected chi connectivity index (χ2v) is 6.10. The van der Waals surface area contributed by atoms with E-state index in [-0.39, 0.29) is 0 Å². The molecule has 0 radical (unpaired) electrons. The first-order valence-corrected chi connectivity index (χ1v) is 8.63. The van der Waals surface area contributed by atoms with E-state index in [0.29, 0.717) is 0 Å². The largest absolute Gasteiger partial charge is 0.370 e. The standard InChI is InChI=1S/C23H20N2/c1-3-9-18(10-4-1)15-16-24-23-17-21(19-11-5-2-6-12-19)20-13-7-8-14-22(20)25-23/h1-14,17H,15-16H2,(H,24,25). The Bertz CT molecular complexity index is 963. The molecule has 0 aliphatic rings. The zero-order valence-electron chi connectivity index (χ0n) is 14.0. The normalized spacial score (nSPS) is 10.7. The number of hydrogen-bond acceptors (Lipinski definition) is 2. The summed E-state index contributed by atoms with van der Waals surface area (Å²) < 4.78 is 0. The van der Waals surface area contributed by atoms with E-state index in [4.69, 9.17) is 4.98 Å². The molecule has 122 valence electrons. The molecule has 0 spiro atoms. The van der Waals surface area contributed by atoms with Crippen molar-refractivity contribution < 1.29 is 0 Å². The number of para-hydroxylation sites is 1. The summed E-state index contributed by atoms with van der Waals surface area (Å²) in [5, 5.41) is 4.67. The van der Waals surface area contributed by atoms with Crippen molar-refractivity contribution in [2.24, 2.45) is 0 Å². The van der Waals surface area contributed by atoms with Gasteiger partial charge in [-0.25, -0.2) is 4.98 Å². The second kappa shape index (κ2) is 7.18. The Labute approximate surface area is 148 Å². The summed E-state index contributed by atoms with van der Waals surface area (Å²) in [4.78, 5) is 4.78. The molecule has 0 atom stereocenters. The highest BCUT2D eigenvalue weighted by atomic mass is 15.0. The lowest BCUT2D eigenvalue weighted by atomic mass is 10.0. The van der Waals surface area contributed by atoms with Crippen LogP contribution in [0.2, 0.25) is 0 Å². The number of benzene rings is 3. The molecule has 2 heteroatoms. The second-order valence-electron chi connectivity index (χ2n) is 6.10. The smallest absolute Gasteiger partial charge is 0.127 e. The molecule has 0 amide bonds. The Morgan fingerprint density at radius 3 is 2.20 bits per heavy atom. The number of pyridine rings is 1. The molecule has 0 aliphatic carbocycles. The van der Waals surface area contributed by atoms with Gasteiger partial charge in [-0.05, 0) is 35.2 Å². The predicted octanol–water partition coefficient (Wildman–Crippen LogP) is 5.56. The number of anilines is 1. The Kier molecular flexibility index (Phi) is 4.42. The van der Waals surface area contributed by atoms with Gasteiger partial charge in [-0.2, -0.15) is 0 Å². The Hall–Kier alpha value is -3.13. The average Bonchev–Trinajstić information content (AvgIpc) is 2.69. The molecule has 2 nitrogen and oxygen atoms in total. The minimum atomic E-state index is 0.865. The zero-order valence-corrected chi connectivity index (χ0v) is 14.0. The highest BCUT2D eigenvalue weighted by Gasteiger charge is 2.07. The fourth-order valence-electron chi connectivity index (χ4n) is 3.10. The first-order valence-electron chi connectivity index (χ1n) is 8.63. The average molecular weight is 324 g/mol. The number of nitrogens with zero attached hydrogens (tertiary/aromatic N) is 1. The Morgan fingerprint density at radius 2 is 1.40 bits per heavy atom. The van der Waals surface area contributed by atoms with Crippen molar-refractivity contribution in [3.63, 3.8) is 0 Å². The van der Waals surface area contributed by atoms with Gasteiger partial charge < -0.3 is 5.32 Å². The SMILES string of the molecule is c1ccc(CCNc2cc(-c3ccccc3)c3ccccc3n2)cc1. The van der Waals surface area contributed by atoms with Crippen LogP contribution in [0.4, 0.5) is 5.82 Å². The van der Waals surface area contributed by atoms with Gasteiger partial charge in [0.15, 0.2) is 0 Å². The quantitative estimate of drug-likeness (QED) is 0.520. The highest BCUT2D eigenvalue weighted by molar-refractivity contribution is 5.96. The molecule has 3 aromatic carbocycles. The van der Waals surface area contributed by atoms with E-state index in [1.165, 1.54) is 22.1 Å². The third kappa shape index (κ3) is 3.53. The van der Waals surface area contributed by atoms with Crippen LogP contribution in [-0.2, 0) is 6.42 Å². The molecule has 1 aromatic heterocycles. The van der Waals surface area contributed by atoms with Crippen molar-refractivity contribution in [1.82, 2.24) is 4.98 Å². The Morgan fingerprint density at radius 1 is 0.720 bits per heavy atom. The fourth-order valence-corrected chi connectivity index (χ4v) is 3.10. The van der Waals surface area contributed by atoms with Gasteiger partial charge >= 0.3 is 0 Å². The number of fused-ring (bicyclic) bond motifs is 1. The van der Waals surface area contributed by atoms with Crippen LogP contribution in [0, 0.1) is 0 Å². The van der Waals surface area contributed by atoms with Crippen LogP contribution in [0.25, 0.3) is 22.0 Å². The van der Waals surface area contributed by atoms with Crippen molar-refractivity contribution in [3.8, 4) is 11.1 Å². The van der Waals surface area contributed by atoms with Gasteiger partial charge in [-0.3, -0.25) is 0 Å². The van der Waals surface area contributed by atoms with Gasteiger partial charge in [0.1, 0.15) is 5.82 Å². The summed E-state index contributed by atoms with van der Waals surface area (Å²) >= 11 is 0. The molecule has 0 bridgehead atoms. The highest BCUT2D eigenvalue weighted by Crippen LogP contribution is 2.29. The maximum absolute atomic E-state index is 4.78. The topological polar surface area (TPSA) is 24.9 Å². The van der Waals surface area contributed by atoms with Crippen LogP contribution in [0.5, 0.6) is 0 Å². The summed E-state index contributed by atoms with van der Waals surface area (Å²) in [7, 11) is 0. The van der Waals surface area contributed by atoms with Gasteiger partial charge in [0, 0.05) is 11.9 Å². The molecule has 0 saturated carbocycles. The number of nitrogens with one attached hydrogen (secondary N) is 1. The van der Waals surface area contributed by atoms with Crippen molar-refractivity contribution in [2.75, 3.05) is 11.9 Å². The molecule has 0 fully saturated rings. The van der Waals surface area contributed by atoms with E-state index in [9.17, 15) is 0 Å². The molecule has 1 N–H and O–H groups in total. The van der Waals surface area contributed by atoms with Crippen LogP contribution in [0.3, 0.4) is 0 Å². The molecular formula is C23H20N2. The van der Waals surface area contributed by atoms with Crippen LogP contribution in [0.15, 0.2) is 91.0 Å². The third-order valence-corrected chi connectivity index (χ3v) is 4.36. The minimum absolute atomic E-state index is 0.865. The Balaban J connectivity index is 1.63. The van der Waals surface area contributed by atoms with Gasteiger partial charge in [-0.15, -0.1) is 0 Å². The van der Waals surface area contributed by atoms with Crippen molar-refractivity contribution in [3.05, 3.63) is 96.6 Å². The van der Waals surface area contributed by atoms with Gasteiger partial charge in [0.05, 0.1) is 5.52 Å². The van der Waals surface area contributed by atoms with Crippen LogP contribution in [-0.4, -0.2) is 11.5 Å². The maximum atomic E-state index is 4.78. The van der Waals surface area contributed by atoms with Gasteiger partial charge in [0.2, 0.25) is 0 Å². The van der Waals surface area contributed by atoms with E-state index < -0.39 is 0 Å². The maximum Gasteiger partial charge on any atom is 0.127 e. The first kappa shape index (κ1) is 15.4. The molecule has 1 heterocycles. The minimum Gasteiger partial charge on any atom is -0.370 e. The molecule has 4 rings (SSSR count). The lowest BCUT2D eigenvalue weighted by Crippen LogP contribution is -2.06. The number of hydrogen-bond donors (Lipinski definition) is 1. The lowest BCUT2D eigenvalue weighted by molar-refractivity contribution is 1.01. The molecule has 0 saturated heterocycles. The van der Waals surface area contributed by atoms with Crippen molar-refractivity contribution in [1.29, 1.82) is 0 Å².